The first-order chi connectivity index (χ1) is 18.1. The Bertz CT molecular complexity index is 1220. The number of aliphatic hydroxyl groups is 1. The predicted molar refractivity (Wildman–Crippen MR) is 139 cm³/mol. The molecule has 204 valence electrons. The molecular formula is C26H31F4N7O. The summed E-state index contributed by atoms with van der Waals surface area (Å²) in [5.41, 5.74) is 12.0. The number of likely N-dealkylation sites (tertiary alicyclic amines) is 1. The highest BCUT2D eigenvalue weighted by atomic mass is 19.4. The van der Waals surface area contributed by atoms with Gasteiger partial charge in [-0.15, -0.1) is 0 Å². The lowest BCUT2D eigenvalue weighted by Gasteiger charge is -2.37. The maximum atomic E-state index is 13.7. The van der Waals surface area contributed by atoms with Crippen LogP contribution < -0.4 is 16.4 Å². The van der Waals surface area contributed by atoms with Crippen LogP contribution in [0.1, 0.15) is 24.0 Å². The van der Waals surface area contributed by atoms with Gasteiger partial charge < -0.3 is 31.3 Å². The molecule has 2 aliphatic rings. The third-order valence-electron chi connectivity index (χ3n) is 6.77. The minimum atomic E-state index is -4.52. The number of hydrogen-bond acceptors (Lipinski definition) is 7. The lowest BCUT2D eigenvalue weighted by molar-refractivity contribution is -0.137. The average molecular weight is 534 g/mol. The molecule has 0 amide bonds. The summed E-state index contributed by atoms with van der Waals surface area (Å²) < 4.78 is 54.3. The summed E-state index contributed by atoms with van der Waals surface area (Å²) in [6.45, 7) is 5.99. The number of alkyl halides is 3. The minimum absolute atomic E-state index is 0.0268. The van der Waals surface area contributed by atoms with Crippen molar-refractivity contribution in [3.05, 3.63) is 71.9 Å². The van der Waals surface area contributed by atoms with E-state index in [1.54, 1.807) is 11.0 Å². The van der Waals surface area contributed by atoms with Crippen LogP contribution in [0.5, 0.6) is 0 Å². The molecule has 2 aliphatic heterocycles. The van der Waals surface area contributed by atoms with Crippen molar-refractivity contribution in [1.82, 2.24) is 14.8 Å². The normalized spacial score (nSPS) is 19.3. The molecule has 0 bridgehead atoms. The summed E-state index contributed by atoms with van der Waals surface area (Å²) in [5, 5.41) is 9.72. The molecule has 1 atom stereocenters. The van der Waals surface area contributed by atoms with E-state index in [1.807, 2.05) is 9.80 Å². The molecule has 3 heterocycles. The maximum Gasteiger partial charge on any atom is 0.419 e. The summed E-state index contributed by atoms with van der Waals surface area (Å²) in [7, 11) is 0. The van der Waals surface area contributed by atoms with Crippen LogP contribution in [0.15, 0.2) is 60.0 Å². The Morgan fingerprint density at radius 2 is 1.92 bits per heavy atom. The van der Waals surface area contributed by atoms with Crippen molar-refractivity contribution in [2.45, 2.75) is 25.1 Å². The van der Waals surface area contributed by atoms with Gasteiger partial charge in [0.05, 0.1) is 23.9 Å². The van der Waals surface area contributed by atoms with Gasteiger partial charge in [-0.05, 0) is 48.7 Å². The number of rotatable bonds is 6. The number of pyridine rings is 1. The van der Waals surface area contributed by atoms with Crippen molar-refractivity contribution in [3.63, 3.8) is 0 Å². The van der Waals surface area contributed by atoms with Crippen LogP contribution in [-0.4, -0.2) is 71.1 Å². The third-order valence-corrected chi connectivity index (χ3v) is 6.77. The molecule has 1 aromatic heterocycles. The van der Waals surface area contributed by atoms with Gasteiger partial charge in [0.15, 0.2) is 0 Å². The summed E-state index contributed by atoms with van der Waals surface area (Å²) in [4.78, 5) is 14.2. The molecular weight excluding hydrogens is 502 g/mol. The van der Waals surface area contributed by atoms with Crippen LogP contribution >= 0.6 is 0 Å². The molecule has 12 heteroatoms. The molecule has 2 aromatic rings. The molecule has 0 spiro atoms. The van der Waals surface area contributed by atoms with Crippen LogP contribution in [0.3, 0.4) is 0 Å². The predicted octanol–water partition coefficient (Wildman–Crippen LogP) is 3.27. The van der Waals surface area contributed by atoms with Crippen LogP contribution in [0.2, 0.25) is 0 Å². The number of benzene rings is 1. The van der Waals surface area contributed by atoms with Crippen molar-refractivity contribution in [2.75, 3.05) is 50.0 Å². The van der Waals surface area contributed by atoms with Crippen LogP contribution in [0.25, 0.3) is 5.70 Å². The van der Waals surface area contributed by atoms with Gasteiger partial charge in [-0.1, -0.05) is 6.58 Å². The largest absolute Gasteiger partial charge is 0.419 e. The van der Waals surface area contributed by atoms with E-state index in [0.29, 0.717) is 36.9 Å². The molecule has 2 fully saturated rings. The molecule has 1 aromatic carbocycles. The van der Waals surface area contributed by atoms with Crippen molar-refractivity contribution in [2.24, 2.45) is 10.7 Å². The molecule has 38 heavy (non-hydrogen) atoms. The van der Waals surface area contributed by atoms with Gasteiger partial charge in [-0.3, -0.25) is 0 Å². The lowest BCUT2D eigenvalue weighted by Crippen LogP contribution is -2.49. The fourth-order valence-electron chi connectivity index (χ4n) is 4.72. The number of halogens is 4. The van der Waals surface area contributed by atoms with Gasteiger partial charge >= 0.3 is 6.18 Å². The highest BCUT2D eigenvalue weighted by molar-refractivity contribution is 5.99. The molecule has 0 saturated carbocycles. The molecule has 4 rings (SSSR count). The average Bonchev–Trinajstić information content (AvgIpc) is 3.39. The monoisotopic (exact) mass is 533 g/mol. The second-order valence-electron chi connectivity index (χ2n) is 9.24. The van der Waals surface area contributed by atoms with E-state index in [1.165, 1.54) is 30.5 Å². The second-order valence-corrected chi connectivity index (χ2v) is 9.24. The first-order valence-corrected chi connectivity index (χ1v) is 12.3. The van der Waals surface area contributed by atoms with E-state index >= 15 is 0 Å². The number of nitrogens with two attached hydrogens (primary N) is 2. The molecule has 0 unspecified atom stereocenters. The number of nitrogens with zero attached hydrogens (tertiary/aromatic N) is 5. The second kappa shape index (κ2) is 11.3. The SMILES string of the molecule is C=C(N=C(/C=C(\N)c1ccc(F)c(N)c1)N1CCN(c2ncccc2C(F)(F)F)CC1)N1CCC[C@@H]1CO. The van der Waals surface area contributed by atoms with Crippen molar-refractivity contribution < 1.29 is 22.7 Å². The number of nitrogen functional groups attached to an aromatic ring is 1. The van der Waals surface area contributed by atoms with Gasteiger partial charge in [0.1, 0.15) is 23.3 Å². The Hall–Kier alpha value is -3.80. The van der Waals surface area contributed by atoms with E-state index in [0.717, 1.165) is 18.9 Å². The highest BCUT2D eigenvalue weighted by Crippen LogP contribution is 2.35. The topological polar surface area (TPSA) is 107 Å². The Morgan fingerprint density at radius 1 is 1.18 bits per heavy atom. The smallest absolute Gasteiger partial charge is 0.398 e. The highest BCUT2D eigenvalue weighted by Gasteiger charge is 2.36. The van der Waals surface area contributed by atoms with Gasteiger partial charge in [0, 0.05) is 50.7 Å². The van der Waals surface area contributed by atoms with E-state index in [4.69, 9.17) is 16.5 Å². The van der Waals surface area contributed by atoms with Crippen LogP contribution in [0.4, 0.5) is 29.1 Å². The quantitative estimate of drug-likeness (QED) is 0.227. The first kappa shape index (κ1) is 27.2. The number of aliphatic hydroxyl groups excluding tert-OH is 1. The molecule has 2 saturated heterocycles. The van der Waals surface area contributed by atoms with Crippen LogP contribution in [0, 0.1) is 5.82 Å². The number of aliphatic imine (C=N–C) groups is 1. The maximum absolute atomic E-state index is 13.7. The number of aromatic nitrogens is 1. The number of anilines is 2. The number of hydrogen-bond donors (Lipinski definition) is 3. The van der Waals surface area contributed by atoms with E-state index in [9.17, 15) is 22.7 Å². The lowest BCUT2D eigenvalue weighted by atomic mass is 10.1. The summed E-state index contributed by atoms with van der Waals surface area (Å²) in [6.07, 6.45) is 0.167. The Balaban J connectivity index is 1.60. The van der Waals surface area contributed by atoms with Gasteiger partial charge in [-0.25, -0.2) is 14.4 Å². The Morgan fingerprint density at radius 3 is 2.58 bits per heavy atom. The molecule has 0 radical (unpaired) electrons. The minimum Gasteiger partial charge on any atom is -0.398 e. The zero-order valence-electron chi connectivity index (χ0n) is 20.8. The van der Waals surface area contributed by atoms with E-state index < -0.39 is 17.6 Å². The zero-order valence-corrected chi connectivity index (χ0v) is 20.8. The Labute approximate surface area is 218 Å². The van der Waals surface area contributed by atoms with Gasteiger partial charge in [0.2, 0.25) is 0 Å². The summed E-state index contributed by atoms with van der Waals surface area (Å²) in [5.74, 6) is 0.237. The summed E-state index contributed by atoms with van der Waals surface area (Å²) in [6, 6.07) is 6.36. The Kier molecular flexibility index (Phi) is 8.10. The van der Waals surface area contributed by atoms with Gasteiger partial charge in [0.25, 0.3) is 0 Å². The molecule has 5 N–H and O–H groups in total. The number of amidine groups is 1. The van der Waals surface area contributed by atoms with Crippen LogP contribution in [-0.2, 0) is 6.18 Å². The standard InChI is InChI=1S/C26H31F4N7O/c1-17(37-9-3-4-19(37)16-38)34-24(15-22(31)18-6-7-21(27)23(32)14-18)35-10-12-36(13-11-35)25-20(26(28,29)30)5-2-8-33-25/h2,5-8,14-15,19,38H,1,3-4,9-13,16,31-32H2/b22-15-,34-24?/t19-/m1/s1. The number of piperazine rings is 1. The fourth-order valence-corrected chi connectivity index (χ4v) is 4.72. The van der Waals surface area contributed by atoms with Gasteiger partial charge in [-0.2, -0.15) is 13.2 Å². The van der Waals surface area contributed by atoms with E-state index in [-0.39, 0.29) is 42.9 Å². The first-order valence-electron chi connectivity index (χ1n) is 12.3. The third kappa shape index (κ3) is 6.01. The van der Waals surface area contributed by atoms with Crippen molar-refractivity contribution >= 4 is 23.0 Å². The van der Waals surface area contributed by atoms with Crippen molar-refractivity contribution in [1.29, 1.82) is 0 Å². The molecule has 8 nitrogen and oxygen atoms in total. The molecule has 0 aliphatic carbocycles. The zero-order chi connectivity index (χ0) is 27.4. The fraction of sp³-hybridized carbons (Fsp3) is 0.385. The summed E-state index contributed by atoms with van der Waals surface area (Å²) >= 11 is 0. The van der Waals surface area contributed by atoms with Crippen molar-refractivity contribution in [3.8, 4) is 0 Å². The van der Waals surface area contributed by atoms with E-state index in [2.05, 4.69) is 11.6 Å².